The highest BCUT2D eigenvalue weighted by atomic mass is 35.5. The minimum Gasteiger partial charge on any atom is -0.351 e. The standard InChI is InChI=1S/C24H27ClN4O2.C24H28N4O2/c25-20-6-3-5-18(14-20)24(31)29-12-8-17(9-13-29)4-1-2-10-27-23(30)22-15-19-16-26-11-7-21(19)28-22;29-23(22-16-20-17-25-13-9-21(20)27-22)26-12-5-4-6-18-10-14-28(15-11-18)24(30)19-7-2-1-3-8-19/h3,5-7,11,14-17,28H,1-2,4,8-10,12-13H2,(H,27,30);1-3,7-9,13,16-18,27H,4-6,10-12,14-15H2,(H,26,29). The lowest BCUT2D eigenvalue weighted by Crippen LogP contribution is -2.38. The Labute approximate surface area is 361 Å². The van der Waals surface area contributed by atoms with Gasteiger partial charge in [-0.3, -0.25) is 29.1 Å². The zero-order valence-electron chi connectivity index (χ0n) is 34.6. The molecule has 4 amide bonds. The maximum Gasteiger partial charge on any atom is 0.267 e. The smallest absolute Gasteiger partial charge is 0.267 e. The summed E-state index contributed by atoms with van der Waals surface area (Å²) in [6, 6.07) is 24.1. The summed E-state index contributed by atoms with van der Waals surface area (Å²) in [7, 11) is 0. The van der Waals surface area contributed by atoms with Crippen molar-refractivity contribution >= 4 is 57.0 Å². The fourth-order valence-corrected chi connectivity index (χ4v) is 8.51. The van der Waals surface area contributed by atoms with Gasteiger partial charge in [-0.1, -0.05) is 61.5 Å². The van der Waals surface area contributed by atoms with Crippen LogP contribution in [-0.4, -0.2) is 92.6 Å². The second-order valence-electron chi connectivity index (χ2n) is 16.1. The van der Waals surface area contributed by atoms with Crippen molar-refractivity contribution in [2.75, 3.05) is 39.3 Å². The quantitative estimate of drug-likeness (QED) is 0.0805. The lowest BCUT2D eigenvalue weighted by Gasteiger charge is -2.32. The first-order valence-corrected chi connectivity index (χ1v) is 22.0. The number of hydrogen-bond donors (Lipinski definition) is 4. The Balaban J connectivity index is 0.000000184. The highest BCUT2D eigenvalue weighted by molar-refractivity contribution is 6.31. The van der Waals surface area contributed by atoms with E-state index in [4.69, 9.17) is 11.6 Å². The van der Waals surface area contributed by atoms with E-state index in [2.05, 4.69) is 30.6 Å². The molecule has 318 valence electrons. The van der Waals surface area contributed by atoms with Gasteiger partial charge in [0.05, 0.1) is 0 Å². The van der Waals surface area contributed by atoms with Gasteiger partial charge >= 0.3 is 0 Å². The number of likely N-dealkylation sites (tertiary alicyclic amines) is 2. The Morgan fingerprint density at radius 1 is 0.590 bits per heavy atom. The summed E-state index contributed by atoms with van der Waals surface area (Å²) in [6.45, 7) is 4.61. The van der Waals surface area contributed by atoms with E-state index in [0.29, 0.717) is 46.9 Å². The fourth-order valence-electron chi connectivity index (χ4n) is 8.32. The number of amides is 4. The van der Waals surface area contributed by atoms with E-state index in [9.17, 15) is 19.2 Å². The van der Waals surface area contributed by atoms with Gasteiger partial charge in [-0.25, -0.2) is 0 Å². The number of fused-ring (bicyclic) bond motifs is 2. The Morgan fingerprint density at radius 3 is 1.54 bits per heavy atom. The molecular weight excluding hydrogens is 788 g/mol. The molecule has 2 aromatic carbocycles. The van der Waals surface area contributed by atoms with Gasteiger partial charge in [-0.15, -0.1) is 0 Å². The summed E-state index contributed by atoms with van der Waals surface area (Å²) in [6.07, 6.45) is 17.5. The zero-order valence-corrected chi connectivity index (χ0v) is 35.3. The molecule has 0 saturated carbocycles. The number of halogens is 1. The molecule has 0 atom stereocenters. The van der Waals surface area contributed by atoms with Crippen LogP contribution in [0, 0.1) is 11.8 Å². The van der Waals surface area contributed by atoms with Crippen molar-refractivity contribution in [3.63, 3.8) is 0 Å². The summed E-state index contributed by atoms with van der Waals surface area (Å²) >= 11 is 6.01. The van der Waals surface area contributed by atoms with Gasteiger partial charge in [0.1, 0.15) is 11.4 Å². The highest BCUT2D eigenvalue weighted by Gasteiger charge is 2.25. The SMILES string of the molecule is O=C(NCCCCC1CCN(C(=O)c2cccc(Cl)c2)CC1)c1cc2cnccc2[nH]1.O=C(NCCCCC1CCN(C(=O)c2ccccc2)CC1)c1cc2cnccc2[nH]1. The van der Waals surface area contributed by atoms with Gasteiger partial charge in [-0.2, -0.15) is 0 Å². The second-order valence-corrected chi connectivity index (χ2v) is 16.6. The Bertz CT molecular complexity index is 2310. The molecule has 2 saturated heterocycles. The van der Waals surface area contributed by atoms with Crippen LogP contribution in [0.4, 0.5) is 0 Å². The van der Waals surface area contributed by atoms with E-state index >= 15 is 0 Å². The Morgan fingerprint density at radius 2 is 1.07 bits per heavy atom. The van der Waals surface area contributed by atoms with Crippen LogP contribution in [0.2, 0.25) is 5.02 Å². The van der Waals surface area contributed by atoms with Gasteiger partial charge in [0, 0.05) is 102 Å². The molecule has 2 fully saturated rings. The van der Waals surface area contributed by atoms with Crippen LogP contribution in [0.5, 0.6) is 0 Å². The third-order valence-electron chi connectivity index (χ3n) is 11.9. The summed E-state index contributed by atoms with van der Waals surface area (Å²) in [5, 5.41) is 8.46. The summed E-state index contributed by atoms with van der Waals surface area (Å²) < 4.78 is 0. The first-order valence-electron chi connectivity index (χ1n) is 21.6. The number of nitrogens with zero attached hydrogens (tertiary/aromatic N) is 4. The number of pyridine rings is 2. The first-order chi connectivity index (χ1) is 29.8. The van der Waals surface area contributed by atoms with Gasteiger partial charge in [0.2, 0.25) is 0 Å². The van der Waals surface area contributed by atoms with Crippen LogP contribution >= 0.6 is 11.6 Å². The number of carbonyl (C=O) groups is 4. The van der Waals surface area contributed by atoms with E-state index in [1.165, 1.54) is 0 Å². The molecule has 4 aromatic heterocycles. The lowest BCUT2D eigenvalue weighted by atomic mass is 9.91. The van der Waals surface area contributed by atoms with Crippen LogP contribution in [0.1, 0.15) is 106 Å². The number of unbranched alkanes of at least 4 members (excludes halogenated alkanes) is 2. The average molecular weight is 843 g/mol. The predicted molar refractivity (Wildman–Crippen MR) is 240 cm³/mol. The first kappa shape index (κ1) is 43.1. The minimum absolute atomic E-state index is 0.0661. The van der Waals surface area contributed by atoms with Gasteiger partial charge in [0.15, 0.2) is 0 Å². The van der Waals surface area contributed by atoms with Crippen LogP contribution in [-0.2, 0) is 0 Å². The molecule has 61 heavy (non-hydrogen) atoms. The molecule has 0 bridgehead atoms. The molecule has 2 aliphatic rings. The number of rotatable bonds is 14. The summed E-state index contributed by atoms with van der Waals surface area (Å²) in [5.74, 6) is 1.37. The minimum atomic E-state index is -0.0796. The van der Waals surface area contributed by atoms with Crippen LogP contribution < -0.4 is 10.6 Å². The molecule has 0 radical (unpaired) electrons. The molecule has 13 heteroatoms. The third-order valence-corrected chi connectivity index (χ3v) is 12.1. The number of carbonyl (C=O) groups excluding carboxylic acids is 4. The van der Waals surface area contributed by atoms with Gasteiger partial charge in [-0.05, 0) is 105 Å². The van der Waals surface area contributed by atoms with Crippen molar-refractivity contribution in [1.82, 2.24) is 40.4 Å². The molecule has 0 unspecified atom stereocenters. The van der Waals surface area contributed by atoms with Gasteiger partial charge < -0.3 is 30.4 Å². The van der Waals surface area contributed by atoms with E-state index in [1.54, 1.807) is 36.9 Å². The Kier molecular flexibility index (Phi) is 15.2. The summed E-state index contributed by atoms with van der Waals surface area (Å²) in [5.41, 5.74) is 4.42. The van der Waals surface area contributed by atoms with Crippen molar-refractivity contribution in [2.45, 2.75) is 64.2 Å². The highest BCUT2D eigenvalue weighted by Crippen LogP contribution is 2.26. The maximum atomic E-state index is 12.6. The molecule has 6 aromatic rings. The third kappa shape index (κ3) is 12.1. The monoisotopic (exact) mass is 842 g/mol. The zero-order chi connectivity index (χ0) is 42.4. The number of nitrogens with one attached hydrogen (secondary N) is 4. The number of hydrogen-bond acceptors (Lipinski definition) is 6. The van der Waals surface area contributed by atoms with Gasteiger partial charge in [0.25, 0.3) is 23.6 Å². The van der Waals surface area contributed by atoms with Crippen LogP contribution in [0.15, 0.2) is 104 Å². The largest absolute Gasteiger partial charge is 0.351 e. The molecule has 4 N–H and O–H groups in total. The lowest BCUT2D eigenvalue weighted by molar-refractivity contribution is 0.0678. The van der Waals surface area contributed by atoms with E-state index in [1.807, 2.05) is 76.5 Å². The Hall–Kier alpha value is -6.01. The topological polar surface area (TPSA) is 156 Å². The summed E-state index contributed by atoms with van der Waals surface area (Å²) in [4.78, 5) is 68.0. The molecule has 0 spiro atoms. The molecule has 2 aliphatic heterocycles. The molecule has 8 rings (SSSR count). The van der Waals surface area contributed by atoms with Crippen molar-refractivity contribution < 1.29 is 19.2 Å². The maximum absolute atomic E-state index is 12.6. The average Bonchev–Trinajstić information content (AvgIpc) is 3.95. The van der Waals surface area contributed by atoms with E-state index in [-0.39, 0.29) is 23.6 Å². The predicted octanol–water partition coefficient (Wildman–Crippen LogP) is 8.68. The molecule has 0 aliphatic carbocycles. The van der Waals surface area contributed by atoms with Crippen molar-refractivity contribution in [3.8, 4) is 0 Å². The van der Waals surface area contributed by atoms with Crippen molar-refractivity contribution in [2.24, 2.45) is 11.8 Å². The molecule has 6 heterocycles. The van der Waals surface area contributed by atoms with E-state index < -0.39 is 0 Å². The van der Waals surface area contributed by atoms with Crippen LogP contribution in [0.3, 0.4) is 0 Å². The van der Waals surface area contributed by atoms with Crippen molar-refractivity contribution in [1.29, 1.82) is 0 Å². The second kappa shape index (κ2) is 21.5. The molecular formula is C48H55ClN8O4. The number of aromatic nitrogens is 4. The van der Waals surface area contributed by atoms with Crippen molar-refractivity contribution in [3.05, 3.63) is 131 Å². The normalized spacial score (nSPS) is 14.7. The number of H-pyrrole nitrogens is 2. The number of piperidine rings is 2. The van der Waals surface area contributed by atoms with E-state index in [0.717, 1.165) is 118 Å². The number of benzene rings is 2. The fraction of sp³-hybridized carbons (Fsp3) is 0.375. The van der Waals surface area contributed by atoms with Crippen LogP contribution in [0.25, 0.3) is 21.8 Å². The number of aromatic amines is 2. The molecule has 12 nitrogen and oxygen atoms in total.